The van der Waals surface area contributed by atoms with Gasteiger partial charge >= 0.3 is 0 Å². The van der Waals surface area contributed by atoms with Crippen molar-refractivity contribution < 1.29 is 14.2 Å². The molecule has 0 amide bonds. The summed E-state index contributed by atoms with van der Waals surface area (Å²) < 4.78 is 18.4. The molecule has 0 aliphatic rings. The van der Waals surface area contributed by atoms with Gasteiger partial charge in [0.05, 0.1) is 13.2 Å². The first kappa shape index (κ1) is 15.7. The zero-order valence-corrected chi connectivity index (χ0v) is 12.9. The molecular formula is C16H17ClFNO2. The molecule has 0 saturated heterocycles. The third-order valence-corrected chi connectivity index (χ3v) is 3.79. The van der Waals surface area contributed by atoms with Gasteiger partial charge in [-0.3, -0.25) is 4.98 Å². The van der Waals surface area contributed by atoms with Crippen LogP contribution >= 0.6 is 11.6 Å². The Morgan fingerprint density at radius 2 is 2.10 bits per heavy atom. The number of hydrogen-bond acceptors (Lipinski definition) is 3. The molecule has 0 bridgehead atoms. The van der Waals surface area contributed by atoms with Crippen LogP contribution < -0.4 is 4.74 Å². The summed E-state index contributed by atoms with van der Waals surface area (Å²) in [5.74, 6) is 0.333. The zero-order valence-electron chi connectivity index (χ0n) is 12.2. The SMILES string of the molecule is COc1c(C)cnc(CC(O)c2ccc(F)cc2Cl)c1C. The van der Waals surface area contributed by atoms with Crippen molar-refractivity contribution in [2.45, 2.75) is 26.4 Å². The number of aromatic nitrogens is 1. The fourth-order valence-corrected chi connectivity index (χ4v) is 2.63. The molecule has 0 aliphatic carbocycles. The van der Waals surface area contributed by atoms with Crippen LogP contribution in [0.5, 0.6) is 5.75 Å². The van der Waals surface area contributed by atoms with Crippen LogP contribution in [0.3, 0.4) is 0 Å². The molecule has 5 heteroatoms. The highest BCUT2D eigenvalue weighted by molar-refractivity contribution is 6.31. The van der Waals surface area contributed by atoms with E-state index in [0.29, 0.717) is 5.56 Å². The van der Waals surface area contributed by atoms with Crippen LogP contribution in [0.25, 0.3) is 0 Å². The molecule has 1 N–H and O–H groups in total. The van der Waals surface area contributed by atoms with E-state index >= 15 is 0 Å². The molecule has 2 rings (SSSR count). The molecule has 1 heterocycles. The van der Waals surface area contributed by atoms with Crippen LogP contribution in [0.2, 0.25) is 5.02 Å². The molecule has 21 heavy (non-hydrogen) atoms. The van der Waals surface area contributed by atoms with Crippen LogP contribution in [-0.2, 0) is 6.42 Å². The van der Waals surface area contributed by atoms with Crippen molar-refractivity contribution in [3.05, 3.63) is 57.6 Å². The van der Waals surface area contributed by atoms with E-state index in [9.17, 15) is 9.50 Å². The van der Waals surface area contributed by atoms with Gasteiger partial charge in [-0.05, 0) is 31.5 Å². The highest BCUT2D eigenvalue weighted by atomic mass is 35.5. The predicted octanol–water partition coefficient (Wildman–Crippen LogP) is 3.78. The maximum Gasteiger partial charge on any atom is 0.128 e. The molecule has 0 spiro atoms. The van der Waals surface area contributed by atoms with Crippen LogP contribution in [0.15, 0.2) is 24.4 Å². The van der Waals surface area contributed by atoms with Crippen LogP contribution in [0.4, 0.5) is 4.39 Å². The molecule has 1 aromatic carbocycles. The third kappa shape index (κ3) is 3.34. The number of benzene rings is 1. The molecule has 0 fully saturated rings. The summed E-state index contributed by atoms with van der Waals surface area (Å²) in [4.78, 5) is 4.34. The van der Waals surface area contributed by atoms with Gasteiger partial charge in [0, 0.05) is 34.5 Å². The quantitative estimate of drug-likeness (QED) is 0.934. The lowest BCUT2D eigenvalue weighted by Crippen LogP contribution is -2.07. The topological polar surface area (TPSA) is 42.4 Å². The largest absolute Gasteiger partial charge is 0.496 e. The standard InChI is InChI=1S/C16H17ClFNO2/c1-9-8-19-14(10(2)16(9)21-3)7-15(20)12-5-4-11(18)6-13(12)17/h4-6,8,15,20H,7H2,1-3H3. The second-order valence-corrected chi connectivity index (χ2v) is 5.34. The van der Waals surface area contributed by atoms with Crippen molar-refractivity contribution in [2.24, 2.45) is 0 Å². The molecule has 0 radical (unpaired) electrons. The van der Waals surface area contributed by atoms with Gasteiger partial charge in [0.1, 0.15) is 11.6 Å². The maximum absolute atomic E-state index is 13.1. The number of hydrogen-bond donors (Lipinski definition) is 1. The second-order valence-electron chi connectivity index (χ2n) is 4.93. The van der Waals surface area contributed by atoms with Crippen molar-refractivity contribution in [1.82, 2.24) is 4.98 Å². The number of aryl methyl sites for hydroxylation is 1. The third-order valence-electron chi connectivity index (χ3n) is 3.46. The smallest absolute Gasteiger partial charge is 0.128 e. The minimum atomic E-state index is -0.850. The van der Waals surface area contributed by atoms with Gasteiger partial charge in [-0.1, -0.05) is 17.7 Å². The van der Waals surface area contributed by atoms with Crippen molar-refractivity contribution in [3.63, 3.8) is 0 Å². The molecule has 1 aromatic heterocycles. The van der Waals surface area contributed by atoms with E-state index in [1.165, 1.54) is 18.2 Å². The maximum atomic E-state index is 13.1. The minimum absolute atomic E-state index is 0.208. The number of methoxy groups -OCH3 is 1. The average Bonchev–Trinajstić information content (AvgIpc) is 2.42. The highest BCUT2D eigenvalue weighted by Crippen LogP contribution is 2.30. The Labute approximate surface area is 128 Å². The zero-order chi connectivity index (χ0) is 15.6. The predicted molar refractivity (Wildman–Crippen MR) is 80.3 cm³/mol. The van der Waals surface area contributed by atoms with Gasteiger partial charge in [0.2, 0.25) is 0 Å². The summed E-state index contributed by atoms with van der Waals surface area (Å²) in [7, 11) is 1.60. The lowest BCUT2D eigenvalue weighted by atomic mass is 10.0. The Morgan fingerprint density at radius 3 is 2.71 bits per heavy atom. The van der Waals surface area contributed by atoms with Crippen molar-refractivity contribution in [3.8, 4) is 5.75 Å². The summed E-state index contributed by atoms with van der Waals surface area (Å²) in [6.45, 7) is 3.81. The molecule has 0 aliphatic heterocycles. The van der Waals surface area contributed by atoms with Gasteiger partial charge in [-0.15, -0.1) is 0 Å². The Hall–Kier alpha value is -1.65. The average molecular weight is 310 g/mol. The summed E-state index contributed by atoms with van der Waals surface area (Å²) >= 11 is 5.97. The van der Waals surface area contributed by atoms with Gasteiger partial charge in [0.15, 0.2) is 0 Å². The lowest BCUT2D eigenvalue weighted by Gasteiger charge is -2.16. The van der Waals surface area contributed by atoms with E-state index in [1.54, 1.807) is 13.3 Å². The lowest BCUT2D eigenvalue weighted by molar-refractivity contribution is 0.177. The van der Waals surface area contributed by atoms with Crippen molar-refractivity contribution in [1.29, 1.82) is 0 Å². The molecular weight excluding hydrogens is 293 g/mol. The van der Waals surface area contributed by atoms with E-state index in [4.69, 9.17) is 16.3 Å². The number of nitrogens with zero attached hydrogens (tertiary/aromatic N) is 1. The molecule has 2 aromatic rings. The number of ether oxygens (including phenoxy) is 1. The van der Waals surface area contributed by atoms with Crippen LogP contribution in [0, 0.1) is 19.7 Å². The molecule has 1 unspecified atom stereocenters. The number of pyridine rings is 1. The molecule has 112 valence electrons. The highest BCUT2D eigenvalue weighted by Gasteiger charge is 2.17. The summed E-state index contributed by atoms with van der Waals surface area (Å²) in [5.41, 5.74) is 3.03. The number of aliphatic hydroxyl groups excluding tert-OH is 1. The van der Waals surface area contributed by atoms with Gasteiger partial charge < -0.3 is 9.84 Å². The first-order valence-electron chi connectivity index (χ1n) is 6.56. The Balaban J connectivity index is 2.29. The van der Waals surface area contributed by atoms with E-state index in [1.807, 2.05) is 13.8 Å². The Morgan fingerprint density at radius 1 is 1.38 bits per heavy atom. The number of halogens is 2. The first-order chi connectivity index (χ1) is 9.93. The fraction of sp³-hybridized carbons (Fsp3) is 0.312. The van der Waals surface area contributed by atoms with E-state index < -0.39 is 11.9 Å². The summed E-state index contributed by atoms with van der Waals surface area (Å²) in [6, 6.07) is 3.96. The van der Waals surface area contributed by atoms with Crippen molar-refractivity contribution >= 4 is 11.6 Å². The molecule has 1 atom stereocenters. The van der Waals surface area contributed by atoms with E-state index in [0.717, 1.165) is 22.6 Å². The van der Waals surface area contributed by atoms with Gasteiger partial charge in [0.25, 0.3) is 0 Å². The number of aliphatic hydroxyl groups is 1. The molecule has 0 saturated carbocycles. The summed E-state index contributed by atoms with van der Waals surface area (Å²) in [6.07, 6.45) is 1.14. The van der Waals surface area contributed by atoms with E-state index in [-0.39, 0.29) is 11.4 Å². The summed E-state index contributed by atoms with van der Waals surface area (Å²) in [5, 5.41) is 10.5. The normalized spacial score (nSPS) is 12.3. The second kappa shape index (κ2) is 6.41. The minimum Gasteiger partial charge on any atom is -0.496 e. The van der Waals surface area contributed by atoms with Crippen LogP contribution in [0.1, 0.15) is 28.5 Å². The monoisotopic (exact) mass is 309 g/mol. The van der Waals surface area contributed by atoms with Gasteiger partial charge in [-0.25, -0.2) is 4.39 Å². The van der Waals surface area contributed by atoms with E-state index in [2.05, 4.69) is 4.98 Å². The Kier molecular flexibility index (Phi) is 4.80. The van der Waals surface area contributed by atoms with Crippen molar-refractivity contribution in [2.75, 3.05) is 7.11 Å². The molecule has 3 nitrogen and oxygen atoms in total. The van der Waals surface area contributed by atoms with Gasteiger partial charge in [-0.2, -0.15) is 0 Å². The fourth-order valence-electron chi connectivity index (χ4n) is 2.34. The Bertz CT molecular complexity index is 661. The first-order valence-corrected chi connectivity index (χ1v) is 6.94. The van der Waals surface area contributed by atoms with Crippen LogP contribution in [-0.4, -0.2) is 17.2 Å². The number of rotatable bonds is 4.